The lowest BCUT2D eigenvalue weighted by molar-refractivity contribution is -0.126. The van der Waals surface area contributed by atoms with Crippen molar-refractivity contribution in [2.24, 2.45) is 11.8 Å². The first-order valence-corrected chi connectivity index (χ1v) is 8.56. The Morgan fingerprint density at radius 1 is 1.23 bits per heavy atom. The van der Waals surface area contributed by atoms with Crippen molar-refractivity contribution in [3.05, 3.63) is 37.0 Å². The third-order valence-electron chi connectivity index (χ3n) is 4.95. The average molecular weight is 303 g/mol. The summed E-state index contributed by atoms with van der Waals surface area (Å²) < 4.78 is 0. The van der Waals surface area contributed by atoms with Crippen molar-refractivity contribution >= 4 is 5.91 Å². The molecule has 122 valence electrons. The quantitative estimate of drug-likeness (QED) is 0.674. The highest BCUT2D eigenvalue weighted by Gasteiger charge is 2.39. The van der Waals surface area contributed by atoms with Crippen molar-refractivity contribution < 1.29 is 9.90 Å². The number of aliphatic hydroxyl groups excluding tert-OH is 1. The molecule has 0 radical (unpaired) electrons. The van der Waals surface area contributed by atoms with Gasteiger partial charge in [-0.05, 0) is 62.9 Å². The molecule has 2 N–H and O–H groups in total. The maximum atomic E-state index is 12.2. The van der Waals surface area contributed by atoms with Gasteiger partial charge in [0.2, 0.25) is 5.91 Å². The Balaban J connectivity index is 1.62. The van der Waals surface area contributed by atoms with Gasteiger partial charge in [0.15, 0.2) is 0 Å². The molecule has 0 heterocycles. The molecule has 0 aromatic heterocycles. The van der Waals surface area contributed by atoms with Crippen LogP contribution < -0.4 is 5.32 Å². The lowest BCUT2D eigenvalue weighted by atomic mass is 9.87. The topological polar surface area (TPSA) is 49.3 Å². The molecule has 2 rings (SSSR count). The molecule has 22 heavy (non-hydrogen) atoms. The zero-order chi connectivity index (χ0) is 15.9. The summed E-state index contributed by atoms with van der Waals surface area (Å²) in [5, 5.41) is 12.7. The summed E-state index contributed by atoms with van der Waals surface area (Å²) in [6, 6.07) is 0.384. The van der Waals surface area contributed by atoms with Crippen LogP contribution in [0.1, 0.15) is 51.4 Å². The Morgan fingerprint density at radius 3 is 2.59 bits per heavy atom. The van der Waals surface area contributed by atoms with Gasteiger partial charge in [-0.3, -0.25) is 4.79 Å². The van der Waals surface area contributed by atoms with Crippen molar-refractivity contribution in [3.8, 4) is 0 Å². The Bertz CT molecular complexity index is 433. The largest absolute Gasteiger partial charge is 0.393 e. The first kappa shape index (κ1) is 17.0. The van der Waals surface area contributed by atoms with E-state index in [1.54, 1.807) is 6.08 Å². The average Bonchev–Trinajstić information content (AvgIpc) is 3.25. The van der Waals surface area contributed by atoms with E-state index in [-0.39, 0.29) is 17.9 Å². The number of rotatable bonds is 8. The summed E-state index contributed by atoms with van der Waals surface area (Å²) >= 11 is 0. The fourth-order valence-electron chi connectivity index (χ4n) is 3.36. The summed E-state index contributed by atoms with van der Waals surface area (Å²) in [7, 11) is 0. The number of aliphatic hydroxyl groups is 1. The number of carbonyl (C=O) groups is 1. The van der Waals surface area contributed by atoms with E-state index in [4.69, 9.17) is 0 Å². The van der Waals surface area contributed by atoms with Gasteiger partial charge >= 0.3 is 0 Å². The van der Waals surface area contributed by atoms with E-state index in [9.17, 15) is 9.90 Å². The minimum atomic E-state index is -0.194. The Morgan fingerprint density at radius 2 is 1.95 bits per heavy atom. The summed E-state index contributed by atoms with van der Waals surface area (Å²) in [4.78, 5) is 12.2. The van der Waals surface area contributed by atoms with Gasteiger partial charge in [-0.15, -0.1) is 0 Å². The molecule has 3 nitrogen and oxygen atoms in total. The van der Waals surface area contributed by atoms with Crippen molar-refractivity contribution in [2.45, 2.75) is 63.5 Å². The molecule has 2 unspecified atom stereocenters. The zero-order valence-electron chi connectivity index (χ0n) is 13.5. The van der Waals surface area contributed by atoms with Crippen LogP contribution in [0.15, 0.2) is 37.0 Å². The van der Waals surface area contributed by atoms with Gasteiger partial charge < -0.3 is 10.4 Å². The molecule has 0 aromatic rings. The molecular formula is C19H29NO2. The number of allylic oxidation sites excluding steroid dienone is 4. The Labute approximate surface area is 134 Å². The second-order valence-corrected chi connectivity index (χ2v) is 6.69. The van der Waals surface area contributed by atoms with E-state index in [2.05, 4.69) is 18.5 Å². The van der Waals surface area contributed by atoms with Crippen LogP contribution >= 0.6 is 0 Å². The number of nitrogens with one attached hydrogen (secondary N) is 1. The molecule has 2 saturated carbocycles. The third-order valence-corrected chi connectivity index (χ3v) is 4.95. The first-order valence-electron chi connectivity index (χ1n) is 8.56. The fraction of sp³-hybridized carbons (Fsp3) is 0.632. The Kier molecular flexibility index (Phi) is 6.44. The van der Waals surface area contributed by atoms with E-state index in [1.807, 2.05) is 12.2 Å². The maximum Gasteiger partial charge on any atom is 0.223 e. The van der Waals surface area contributed by atoms with Gasteiger partial charge in [-0.25, -0.2) is 0 Å². The van der Waals surface area contributed by atoms with Crippen LogP contribution in [0.2, 0.25) is 0 Å². The van der Waals surface area contributed by atoms with Crippen LogP contribution in [0.4, 0.5) is 0 Å². The lowest BCUT2D eigenvalue weighted by Crippen LogP contribution is -2.36. The normalized spacial score (nSPS) is 31.4. The molecule has 2 atom stereocenters. The van der Waals surface area contributed by atoms with Crippen LogP contribution in [-0.4, -0.2) is 23.2 Å². The summed E-state index contributed by atoms with van der Waals surface area (Å²) in [5.41, 5.74) is 1.23. The predicted octanol–water partition coefficient (Wildman–Crippen LogP) is 3.51. The smallest absolute Gasteiger partial charge is 0.223 e. The van der Waals surface area contributed by atoms with Crippen molar-refractivity contribution in [1.82, 2.24) is 5.32 Å². The molecule has 2 fully saturated rings. The van der Waals surface area contributed by atoms with Gasteiger partial charge in [-0.1, -0.05) is 31.4 Å². The number of hydrogen-bond acceptors (Lipinski definition) is 2. The summed E-state index contributed by atoms with van der Waals surface area (Å²) in [5.74, 6) is 0.971. The van der Waals surface area contributed by atoms with Crippen molar-refractivity contribution in [3.63, 3.8) is 0 Å². The van der Waals surface area contributed by atoms with E-state index in [0.29, 0.717) is 12.0 Å². The van der Waals surface area contributed by atoms with Gasteiger partial charge in [0.1, 0.15) is 0 Å². The molecular weight excluding hydrogens is 274 g/mol. The number of hydrogen-bond donors (Lipinski definition) is 2. The van der Waals surface area contributed by atoms with Crippen LogP contribution in [0.5, 0.6) is 0 Å². The molecule has 2 aliphatic rings. The standard InChI is InChI=1S/C19H29NO2/c1-3-6-14(4-2)7-5-8-16-13-18(16)20-19(22)15-9-11-17(21)12-10-15/h3-4,6,15-18,21H,1-2,5,7-13H2,(H,20,22)/b14-6+. The van der Waals surface area contributed by atoms with Crippen molar-refractivity contribution in [1.29, 1.82) is 0 Å². The monoisotopic (exact) mass is 303 g/mol. The van der Waals surface area contributed by atoms with E-state index in [1.165, 1.54) is 5.57 Å². The SMILES string of the molecule is C=C/C=C(\C=C)CCCC1CC1NC(=O)C1CCC(O)CC1. The van der Waals surface area contributed by atoms with Gasteiger partial charge in [0, 0.05) is 12.0 Å². The van der Waals surface area contributed by atoms with E-state index in [0.717, 1.165) is 51.4 Å². The fourth-order valence-corrected chi connectivity index (χ4v) is 3.36. The van der Waals surface area contributed by atoms with Crippen LogP contribution in [0.25, 0.3) is 0 Å². The third kappa shape index (κ3) is 5.13. The molecule has 0 bridgehead atoms. The first-order chi connectivity index (χ1) is 10.6. The molecule has 0 spiro atoms. The van der Waals surface area contributed by atoms with Crippen LogP contribution in [0, 0.1) is 11.8 Å². The minimum Gasteiger partial charge on any atom is -0.393 e. The minimum absolute atomic E-state index is 0.118. The highest BCUT2D eigenvalue weighted by Crippen LogP contribution is 2.36. The summed E-state index contributed by atoms with van der Waals surface area (Å²) in [6.07, 6.45) is 13.2. The number of carbonyl (C=O) groups excluding carboxylic acids is 1. The van der Waals surface area contributed by atoms with Crippen LogP contribution in [-0.2, 0) is 4.79 Å². The summed E-state index contributed by atoms with van der Waals surface area (Å²) in [6.45, 7) is 7.52. The van der Waals surface area contributed by atoms with Crippen LogP contribution in [0.3, 0.4) is 0 Å². The molecule has 0 aromatic carbocycles. The van der Waals surface area contributed by atoms with Gasteiger partial charge in [0.05, 0.1) is 6.10 Å². The zero-order valence-corrected chi connectivity index (χ0v) is 13.5. The molecule has 0 saturated heterocycles. The van der Waals surface area contributed by atoms with Gasteiger partial charge in [0.25, 0.3) is 0 Å². The highest BCUT2D eigenvalue weighted by atomic mass is 16.3. The molecule has 0 aliphatic heterocycles. The van der Waals surface area contributed by atoms with E-state index >= 15 is 0 Å². The van der Waals surface area contributed by atoms with E-state index < -0.39 is 0 Å². The molecule has 2 aliphatic carbocycles. The second-order valence-electron chi connectivity index (χ2n) is 6.69. The van der Waals surface area contributed by atoms with Crippen molar-refractivity contribution in [2.75, 3.05) is 0 Å². The highest BCUT2D eigenvalue weighted by molar-refractivity contribution is 5.79. The Hall–Kier alpha value is -1.35. The molecule has 1 amide bonds. The number of amides is 1. The second kappa shape index (κ2) is 8.33. The van der Waals surface area contributed by atoms with Gasteiger partial charge in [-0.2, -0.15) is 0 Å². The maximum absolute atomic E-state index is 12.2. The lowest BCUT2D eigenvalue weighted by Gasteiger charge is -2.24. The molecule has 3 heteroatoms. The predicted molar refractivity (Wildman–Crippen MR) is 90.3 cm³/mol.